The molecule has 0 saturated heterocycles. The SMILES string of the molecule is C=C[C@]1(CO)C=C2[C@H](O)C[C@H]3C(=C)CCC[C@]3(C)[C@H]2CC1. The van der Waals surface area contributed by atoms with Crippen molar-refractivity contribution in [3.8, 4) is 0 Å². The van der Waals surface area contributed by atoms with Gasteiger partial charge in [-0.2, -0.15) is 0 Å². The zero-order valence-corrected chi connectivity index (χ0v) is 13.1. The standard InChI is InChI=1S/C19H28O2/c1-4-19(12-20)9-7-15-14(11-19)17(21)10-16-13(2)6-5-8-18(15,16)3/h4,11,15-17,20-21H,1-2,5-10,12H2,3H3/t15-,16-,17+,18+,19+/m0/s1. The van der Waals surface area contributed by atoms with Crippen molar-refractivity contribution in [2.24, 2.45) is 22.7 Å². The van der Waals surface area contributed by atoms with E-state index in [1.54, 1.807) is 0 Å². The normalized spacial score (nSPS) is 46.3. The third-order valence-electron chi connectivity index (χ3n) is 6.60. The Bertz CT molecular complexity index is 492. The van der Waals surface area contributed by atoms with Crippen LogP contribution in [-0.2, 0) is 0 Å². The van der Waals surface area contributed by atoms with Crippen LogP contribution < -0.4 is 0 Å². The molecule has 2 nitrogen and oxygen atoms in total. The van der Waals surface area contributed by atoms with Crippen LogP contribution in [0.5, 0.6) is 0 Å². The molecule has 0 unspecified atom stereocenters. The number of rotatable bonds is 2. The molecule has 3 aliphatic rings. The lowest BCUT2D eigenvalue weighted by atomic mass is 9.49. The Labute approximate surface area is 128 Å². The summed E-state index contributed by atoms with van der Waals surface area (Å²) in [5, 5.41) is 20.4. The van der Waals surface area contributed by atoms with E-state index in [1.807, 2.05) is 6.08 Å². The first-order chi connectivity index (χ1) is 9.96. The highest BCUT2D eigenvalue weighted by molar-refractivity contribution is 5.32. The molecule has 0 bridgehead atoms. The second kappa shape index (κ2) is 5.10. The minimum Gasteiger partial charge on any atom is -0.395 e. The van der Waals surface area contributed by atoms with Gasteiger partial charge < -0.3 is 10.2 Å². The molecular formula is C19H28O2. The molecule has 116 valence electrons. The van der Waals surface area contributed by atoms with E-state index in [9.17, 15) is 10.2 Å². The Morgan fingerprint density at radius 1 is 1.38 bits per heavy atom. The highest BCUT2D eigenvalue weighted by Gasteiger charge is 2.52. The first kappa shape index (κ1) is 15.1. The fourth-order valence-electron chi connectivity index (χ4n) is 5.20. The topological polar surface area (TPSA) is 40.5 Å². The summed E-state index contributed by atoms with van der Waals surface area (Å²) in [7, 11) is 0. The summed E-state index contributed by atoms with van der Waals surface area (Å²) in [6.07, 6.45) is 9.95. The number of allylic oxidation sites excluding steroid dienone is 1. The van der Waals surface area contributed by atoms with Crippen LogP contribution in [0, 0.1) is 22.7 Å². The lowest BCUT2D eigenvalue weighted by Crippen LogP contribution is -2.50. The monoisotopic (exact) mass is 288 g/mol. The highest BCUT2D eigenvalue weighted by atomic mass is 16.3. The molecule has 0 aliphatic heterocycles. The van der Waals surface area contributed by atoms with Crippen molar-refractivity contribution in [3.63, 3.8) is 0 Å². The largest absolute Gasteiger partial charge is 0.395 e. The maximum absolute atomic E-state index is 10.7. The Kier molecular flexibility index (Phi) is 3.66. The predicted octanol–water partition coefficient (Wildman–Crippen LogP) is 3.61. The molecule has 3 aliphatic carbocycles. The molecule has 2 fully saturated rings. The number of hydrogen-bond donors (Lipinski definition) is 2. The van der Waals surface area contributed by atoms with Gasteiger partial charge in [-0.15, -0.1) is 6.58 Å². The molecule has 0 radical (unpaired) electrons. The van der Waals surface area contributed by atoms with Crippen LogP contribution in [0.3, 0.4) is 0 Å². The van der Waals surface area contributed by atoms with Gasteiger partial charge in [0.05, 0.1) is 12.7 Å². The van der Waals surface area contributed by atoms with Crippen LogP contribution in [0.4, 0.5) is 0 Å². The first-order valence-corrected chi connectivity index (χ1v) is 8.28. The molecule has 21 heavy (non-hydrogen) atoms. The molecule has 2 saturated carbocycles. The molecule has 0 aromatic carbocycles. The highest BCUT2D eigenvalue weighted by Crippen LogP contribution is 2.60. The molecule has 0 heterocycles. The third-order valence-corrected chi connectivity index (χ3v) is 6.60. The minimum atomic E-state index is -0.380. The van der Waals surface area contributed by atoms with Crippen molar-refractivity contribution in [2.45, 2.75) is 51.6 Å². The Morgan fingerprint density at radius 2 is 2.14 bits per heavy atom. The van der Waals surface area contributed by atoms with Gasteiger partial charge in [-0.1, -0.05) is 31.2 Å². The van der Waals surface area contributed by atoms with Crippen molar-refractivity contribution in [1.82, 2.24) is 0 Å². The lowest BCUT2D eigenvalue weighted by Gasteiger charge is -2.56. The van der Waals surface area contributed by atoms with Crippen molar-refractivity contribution in [3.05, 3.63) is 36.5 Å². The Morgan fingerprint density at radius 3 is 2.81 bits per heavy atom. The smallest absolute Gasteiger partial charge is 0.0759 e. The van der Waals surface area contributed by atoms with E-state index in [0.717, 1.165) is 31.3 Å². The van der Waals surface area contributed by atoms with Gasteiger partial charge in [0.15, 0.2) is 0 Å². The number of aliphatic hydroxyl groups excluding tert-OH is 2. The number of aliphatic hydroxyl groups is 2. The minimum absolute atomic E-state index is 0.0896. The second-order valence-corrected chi connectivity index (χ2v) is 7.65. The molecule has 3 rings (SSSR count). The van der Waals surface area contributed by atoms with E-state index < -0.39 is 0 Å². The van der Waals surface area contributed by atoms with Gasteiger partial charge in [-0.05, 0) is 61.3 Å². The molecule has 0 aromatic heterocycles. The number of hydrogen-bond acceptors (Lipinski definition) is 2. The zero-order valence-electron chi connectivity index (χ0n) is 13.1. The molecule has 2 heteroatoms. The molecule has 0 amide bonds. The molecule has 5 atom stereocenters. The van der Waals surface area contributed by atoms with Gasteiger partial charge in [0, 0.05) is 5.41 Å². The quantitative estimate of drug-likeness (QED) is 0.762. The van der Waals surface area contributed by atoms with Gasteiger partial charge in [0.1, 0.15) is 0 Å². The van der Waals surface area contributed by atoms with Gasteiger partial charge >= 0.3 is 0 Å². The van der Waals surface area contributed by atoms with E-state index in [-0.39, 0.29) is 23.5 Å². The third kappa shape index (κ3) is 2.15. The van der Waals surface area contributed by atoms with Crippen LogP contribution in [0.2, 0.25) is 0 Å². The Balaban J connectivity index is 2.02. The number of fused-ring (bicyclic) bond motifs is 3. The first-order valence-electron chi connectivity index (χ1n) is 8.28. The van der Waals surface area contributed by atoms with Crippen LogP contribution in [-0.4, -0.2) is 22.9 Å². The predicted molar refractivity (Wildman–Crippen MR) is 85.7 cm³/mol. The summed E-state index contributed by atoms with van der Waals surface area (Å²) >= 11 is 0. The van der Waals surface area contributed by atoms with Crippen LogP contribution in [0.15, 0.2) is 36.5 Å². The average molecular weight is 288 g/mol. The lowest BCUT2D eigenvalue weighted by molar-refractivity contribution is -0.00546. The van der Waals surface area contributed by atoms with Crippen molar-refractivity contribution in [1.29, 1.82) is 0 Å². The summed E-state index contributed by atoms with van der Waals surface area (Å²) in [5.74, 6) is 0.886. The van der Waals surface area contributed by atoms with Gasteiger partial charge in [0.2, 0.25) is 0 Å². The molecular weight excluding hydrogens is 260 g/mol. The van der Waals surface area contributed by atoms with E-state index in [2.05, 4.69) is 26.2 Å². The fourth-order valence-corrected chi connectivity index (χ4v) is 5.20. The maximum Gasteiger partial charge on any atom is 0.0759 e. The summed E-state index contributed by atoms with van der Waals surface area (Å²) in [6, 6.07) is 0. The van der Waals surface area contributed by atoms with Crippen molar-refractivity contribution in [2.75, 3.05) is 6.61 Å². The van der Waals surface area contributed by atoms with Gasteiger partial charge in [-0.25, -0.2) is 0 Å². The Hall–Kier alpha value is -0.860. The fraction of sp³-hybridized carbons (Fsp3) is 0.684. The summed E-state index contributed by atoms with van der Waals surface area (Å²) in [4.78, 5) is 0. The maximum atomic E-state index is 10.7. The van der Waals surface area contributed by atoms with Crippen LogP contribution >= 0.6 is 0 Å². The summed E-state index contributed by atoms with van der Waals surface area (Å²) in [5.41, 5.74) is 2.40. The second-order valence-electron chi connectivity index (χ2n) is 7.65. The van der Waals surface area contributed by atoms with E-state index in [1.165, 1.54) is 18.4 Å². The van der Waals surface area contributed by atoms with Gasteiger partial charge in [-0.3, -0.25) is 0 Å². The van der Waals surface area contributed by atoms with E-state index in [4.69, 9.17) is 0 Å². The van der Waals surface area contributed by atoms with Gasteiger partial charge in [0.25, 0.3) is 0 Å². The average Bonchev–Trinajstić information content (AvgIpc) is 2.49. The summed E-state index contributed by atoms with van der Waals surface area (Å²) < 4.78 is 0. The van der Waals surface area contributed by atoms with Crippen molar-refractivity contribution >= 4 is 0 Å². The zero-order chi connectivity index (χ0) is 15.3. The van der Waals surface area contributed by atoms with Crippen LogP contribution in [0.1, 0.15) is 45.4 Å². The van der Waals surface area contributed by atoms with Crippen molar-refractivity contribution < 1.29 is 10.2 Å². The van der Waals surface area contributed by atoms with E-state index >= 15 is 0 Å². The summed E-state index contributed by atoms with van der Waals surface area (Å²) in [6.45, 7) is 10.7. The van der Waals surface area contributed by atoms with Crippen LogP contribution in [0.25, 0.3) is 0 Å². The van der Waals surface area contributed by atoms with E-state index in [0.29, 0.717) is 11.8 Å². The molecule has 2 N–H and O–H groups in total. The molecule has 0 aromatic rings. The molecule has 0 spiro atoms.